The van der Waals surface area contributed by atoms with Gasteiger partial charge in [0.05, 0.1) is 4.92 Å². The number of benzene rings is 2. The molecular formula is C25H31N3O7S. The highest BCUT2D eigenvalue weighted by molar-refractivity contribution is 7.89. The summed E-state index contributed by atoms with van der Waals surface area (Å²) in [4.78, 5) is 38.2. The molecule has 194 valence electrons. The highest BCUT2D eigenvalue weighted by Crippen LogP contribution is 2.30. The second-order valence-corrected chi connectivity index (χ2v) is 11.6. The number of esters is 1. The van der Waals surface area contributed by atoms with Gasteiger partial charge in [-0.15, -0.1) is 0 Å². The third kappa shape index (κ3) is 5.90. The summed E-state index contributed by atoms with van der Waals surface area (Å²) in [5.41, 5.74) is 0.482. The SMILES string of the molecule is Cc1cccc(C[C@@H](C(=O)OC(C)(C)C)N2CCN(S(=O)(=O)c3ccccc3[N+](=O)[O-])[C@@H](C)C2=O)c1. The molecule has 1 amide bonds. The minimum absolute atomic E-state index is 0.0707. The van der Waals surface area contributed by atoms with E-state index in [1.54, 1.807) is 20.8 Å². The van der Waals surface area contributed by atoms with E-state index in [-0.39, 0.29) is 19.5 Å². The Morgan fingerprint density at radius 2 is 1.83 bits per heavy atom. The Morgan fingerprint density at radius 1 is 1.17 bits per heavy atom. The number of aryl methyl sites for hydroxylation is 1. The minimum Gasteiger partial charge on any atom is -0.458 e. The zero-order valence-corrected chi connectivity index (χ0v) is 21.8. The van der Waals surface area contributed by atoms with Crippen LogP contribution in [0.5, 0.6) is 0 Å². The number of carbonyl (C=O) groups is 2. The average Bonchev–Trinajstić information content (AvgIpc) is 2.78. The summed E-state index contributed by atoms with van der Waals surface area (Å²) >= 11 is 0. The lowest BCUT2D eigenvalue weighted by molar-refractivity contribution is -0.387. The van der Waals surface area contributed by atoms with Gasteiger partial charge in [0.25, 0.3) is 15.7 Å². The van der Waals surface area contributed by atoms with Crippen LogP contribution in [0.1, 0.15) is 38.8 Å². The lowest BCUT2D eigenvalue weighted by Crippen LogP contribution is -2.62. The molecule has 1 saturated heterocycles. The van der Waals surface area contributed by atoms with Crippen LogP contribution in [-0.4, -0.2) is 65.2 Å². The Balaban J connectivity index is 1.93. The van der Waals surface area contributed by atoms with Crippen molar-refractivity contribution >= 4 is 27.6 Å². The highest BCUT2D eigenvalue weighted by Gasteiger charge is 2.45. The number of rotatable bonds is 7. The van der Waals surface area contributed by atoms with Gasteiger partial charge in [-0.05, 0) is 46.2 Å². The topological polar surface area (TPSA) is 127 Å². The molecule has 0 unspecified atom stereocenters. The summed E-state index contributed by atoms with van der Waals surface area (Å²) < 4.78 is 33.3. The number of hydrogen-bond acceptors (Lipinski definition) is 7. The van der Waals surface area contributed by atoms with E-state index in [0.29, 0.717) is 0 Å². The van der Waals surface area contributed by atoms with Crippen LogP contribution in [0.15, 0.2) is 53.4 Å². The molecule has 0 bridgehead atoms. The van der Waals surface area contributed by atoms with E-state index >= 15 is 0 Å². The molecular weight excluding hydrogens is 486 g/mol. The molecule has 36 heavy (non-hydrogen) atoms. The molecule has 0 aromatic heterocycles. The molecule has 11 heteroatoms. The van der Waals surface area contributed by atoms with E-state index in [9.17, 15) is 28.1 Å². The first kappa shape index (κ1) is 27.3. The van der Waals surface area contributed by atoms with Gasteiger partial charge in [-0.2, -0.15) is 4.31 Å². The van der Waals surface area contributed by atoms with Gasteiger partial charge in [-0.1, -0.05) is 42.0 Å². The molecule has 0 N–H and O–H groups in total. The maximum atomic E-state index is 13.5. The van der Waals surface area contributed by atoms with Crippen LogP contribution >= 0.6 is 0 Å². The fraction of sp³-hybridized carbons (Fsp3) is 0.440. The van der Waals surface area contributed by atoms with Crippen molar-refractivity contribution in [2.75, 3.05) is 13.1 Å². The number of para-hydroxylation sites is 1. The maximum absolute atomic E-state index is 13.5. The quantitative estimate of drug-likeness (QED) is 0.314. The van der Waals surface area contributed by atoms with Crippen LogP contribution in [0.25, 0.3) is 0 Å². The number of ether oxygens (including phenoxy) is 1. The van der Waals surface area contributed by atoms with E-state index in [2.05, 4.69) is 0 Å². The second kappa shape index (κ2) is 10.4. The van der Waals surface area contributed by atoms with Crippen molar-refractivity contribution in [1.29, 1.82) is 0 Å². The second-order valence-electron chi connectivity index (χ2n) is 9.79. The van der Waals surface area contributed by atoms with Crippen LogP contribution in [0.3, 0.4) is 0 Å². The molecule has 1 heterocycles. The van der Waals surface area contributed by atoms with Gasteiger partial charge in [0, 0.05) is 25.6 Å². The summed E-state index contributed by atoms with van der Waals surface area (Å²) in [6.45, 7) is 8.33. The van der Waals surface area contributed by atoms with Gasteiger partial charge in [0.1, 0.15) is 17.7 Å². The predicted octanol–water partition coefficient (Wildman–Crippen LogP) is 3.08. The van der Waals surface area contributed by atoms with Crippen molar-refractivity contribution in [2.45, 2.75) is 63.6 Å². The fourth-order valence-corrected chi connectivity index (χ4v) is 5.95. The molecule has 10 nitrogen and oxygen atoms in total. The van der Waals surface area contributed by atoms with Crippen molar-refractivity contribution in [3.8, 4) is 0 Å². The molecule has 3 rings (SSSR count). The lowest BCUT2D eigenvalue weighted by atomic mass is 10.0. The lowest BCUT2D eigenvalue weighted by Gasteiger charge is -2.41. The van der Waals surface area contributed by atoms with E-state index in [4.69, 9.17) is 4.74 Å². The van der Waals surface area contributed by atoms with Crippen LogP contribution in [0, 0.1) is 17.0 Å². The molecule has 2 aromatic carbocycles. The summed E-state index contributed by atoms with van der Waals surface area (Å²) in [7, 11) is -4.35. The summed E-state index contributed by atoms with van der Waals surface area (Å²) in [6, 6.07) is 10.4. The Hall–Kier alpha value is -3.31. The van der Waals surface area contributed by atoms with Crippen molar-refractivity contribution in [1.82, 2.24) is 9.21 Å². The van der Waals surface area contributed by atoms with Crippen molar-refractivity contribution < 1.29 is 27.7 Å². The van der Waals surface area contributed by atoms with Crippen molar-refractivity contribution in [3.63, 3.8) is 0 Å². The number of nitro groups is 1. The van der Waals surface area contributed by atoms with E-state index < -0.39 is 55.1 Å². The number of carbonyl (C=O) groups excluding carboxylic acids is 2. The first-order chi connectivity index (χ1) is 16.7. The number of sulfonamides is 1. The van der Waals surface area contributed by atoms with E-state index in [1.807, 2.05) is 31.2 Å². The molecule has 2 aromatic rings. The van der Waals surface area contributed by atoms with Gasteiger partial charge in [0.2, 0.25) is 5.91 Å². The van der Waals surface area contributed by atoms with Crippen LogP contribution < -0.4 is 0 Å². The summed E-state index contributed by atoms with van der Waals surface area (Å²) in [5.74, 6) is -1.16. The van der Waals surface area contributed by atoms with Gasteiger partial charge in [-0.3, -0.25) is 14.9 Å². The zero-order chi connectivity index (χ0) is 26.8. The number of nitro benzene ring substituents is 1. The summed E-state index contributed by atoms with van der Waals surface area (Å²) in [5, 5.41) is 11.4. The zero-order valence-electron chi connectivity index (χ0n) is 21.0. The largest absolute Gasteiger partial charge is 0.458 e. The Kier molecular flexibility index (Phi) is 7.85. The standard InChI is InChI=1S/C25H31N3O7S/c1-17-9-8-10-19(15-17)16-21(24(30)35-25(3,4)5)26-13-14-27(18(2)23(26)29)36(33,34)22-12-7-6-11-20(22)28(31)32/h6-12,15,18,21H,13-14,16H2,1-5H3/t18-,21-/m0/s1. The first-order valence-corrected chi connectivity index (χ1v) is 13.0. The molecule has 2 atom stereocenters. The number of nitrogens with zero attached hydrogens (tertiary/aromatic N) is 3. The van der Waals surface area contributed by atoms with Gasteiger partial charge >= 0.3 is 5.97 Å². The van der Waals surface area contributed by atoms with Gasteiger partial charge in [-0.25, -0.2) is 13.2 Å². The van der Waals surface area contributed by atoms with Crippen LogP contribution in [-0.2, 0) is 30.8 Å². The molecule has 1 aliphatic rings. The number of amides is 1. The van der Waals surface area contributed by atoms with Crippen LogP contribution in [0.4, 0.5) is 5.69 Å². The predicted molar refractivity (Wildman–Crippen MR) is 133 cm³/mol. The smallest absolute Gasteiger partial charge is 0.329 e. The third-order valence-electron chi connectivity index (χ3n) is 5.85. The third-order valence-corrected chi connectivity index (χ3v) is 7.87. The molecule has 0 saturated carbocycles. The minimum atomic E-state index is -4.35. The molecule has 1 fully saturated rings. The van der Waals surface area contributed by atoms with Crippen LogP contribution in [0.2, 0.25) is 0 Å². The Labute approximate surface area is 211 Å². The van der Waals surface area contributed by atoms with E-state index in [0.717, 1.165) is 27.6 Å². The maximum Gasteiger partial charge on any atom is 0.329 e. The van der Waals surface area contributed by atoms with Gasteiger partial charge < -0.3 is 9.64 Å². The molecule has 0 aliphatic carbocycles. The summed E-state index contributed by atoms with van der Waals surface area (Å²) in [6.07, 6.45) is 0.200. The first-order valence-electron chi connectivity index (χ1n) is 11.6. The number of hydrogen-bond donors (Lipinski definition) is 0. The average molecular weight is 518 g/mol. The number of piperazine rings is 1. The van der Waals surface area contributed by atoms with Gasteiger partial charge in [0.15, 0.2) is 4.90 Å². The molecule has 0 spiro atoms. The van der Waals surface area contributed by atoms with Crippen molar-refractivity contribution in [3.05, 3.63) is 69.8 Å². The monoisotopic (exact) mass is 517 g/mol. The molecule has 1 aliphatic heterocycles. The Morgan fingerprint density at radius 3 is 2.44 bits per heavy atom. The fourth-order valence-electron chi connectivity index (χ4n) is 4.22. The Bertz CT molecular complexity index is 1270. The van der Waals surface area contributed by atoms with E-state index in [1.165, 1.54) is 24.0 Å². The van der Waals surface area contributed by atoms with Crippen molar-refractivity contribution in [2.24, 2.45) is 0 Å². The normalized spacial score (nSPS) is 18.1. The highest BCUT2D eigenvalue weighted by atomic mass is 32.2. The molecule has 0 radical (unpaired) electrons.